The quantitative estimate of drug-likeness (QED) is 0.403. The van der Waals surface area contributed by atoms with Crippen LogP contribution < -0.4 is 10.2 Å². The minimum absolute atomic E-state index is 0.0429. The van der Waals surface area contributed by atoms with Crippen molar-refractivity contribution in [2.45, 2.75) is 39.4 Å². The third kappa shape index (κ3) is 5.02. The summed E-state index contributed by atoms with van der Waals surface area (Å²) in [5.41, 5.74) is -1.19. The molecule has 9 heteroatoms. The SMILES string of the molecule is CCCN(CCC)Cc1c(O)ccc2c(=O)c(Oc3ccccc3Cl)c(C(F)(F)F)oc12. The van der Waals surface area contributed by atoms with Gasteiger partial charge in [0.2, 0.25) is 11.2 Å². The van der Waals surface area contributed by atoms with Crippen LogP contribution >= 0.6 is 11.6 Å². The van der Waals surface area contributed by atoms with Crippen LogP contribution in [-0.4, -0.2) is 23.1 Å². The summed E-state index contributed by atoms with van der Waals surface area (Å²) in [7, 11) is 0. The van der Waals surface area contributed by atoms with Crippen molar-refractivity contribution in [1.29, 1.82) is 0 Å². The van der Waals surface area contributed by atoms with Crippen molar-refractivity contribution in [3.8, 4) is 17.2 Å². The lowest BCUT2D eigenvalue weighted by Crippen LogP contribution is -2.25. The number of para-hydroxylation sites is 1. The van der Waals surface area contributed by atoms with Gasteiger partial charge in [0, 0.05) is 6.54 Å². The molecular weight excluding hydrogens is 447 g/mol. The lowest BCUT2D eigenvalue weighted by atomic mass is 10.1. The first-order valence-electron chi connectivity index (χ1n) is 10.2. The second kappa shape index (κ2) is 9.83. The van der Waals surface area contributed by atoms with E-state index < -0.39 is 23.1 Å². The number of hydrogen-bond acceptors (Lipinski definition) is 5. The van der Waals surface area contributed by atoms with E-state index in [4.69, 9.17) is 20.8 Å². The zero-order chi connectivity index (χ0) is 23.5. The van der Waals surface area contributed by atoms with E-state index in [0.29, 0.717) is 13.1 Å². The van der Waals surface area contributed by atoms with Crippen molar-refractivity contribution in [2.75, 3.05) is 13.1 Å². The Hall–Kier alpha value is -2.71. The molecule has 5 nitrogen and oxygen atoms in total. The number of hydrogen-bond donors (Lipinski definition) is 1. The Balaban J connectivity index is 2.23. The highest BCUT2D eigenvalue weighted by atomic mass is 35.5. The summed E-state index contributed by atoms with van der Waals surface area (Å²) in [5.74, 6) is -2.94. The Morgan fingerprint density at radius 3 is 2.34 bits per heavy atom. The molecule has 0 aliphatic rings. The zero-order valence-corrected chi connectivity index (χ0v) is 18.4. The van der Waals surface area contributed by atoms with Crippen LogP contribution in [0.15, 0.2) is 45.6 Å². The maximum atomic E-state index is 13.9. The third-order valence-electron chi connectivity index (χ3n) is 4.86. The highest BCUT2D eigenvalue weighted by molar-refractivity contribution is 6.32. The number of nitrogens with zero attached hydrogens (tertiary/aromatic N) is 1. The van der Waals surface area contributed by atoms with Gasteiger partial charge < -0.3 is 14.3 Å². The Morgan fingerprint density at radius 1 is 1.09 bits per heavy atom. The fourth-order valence-corrected chi connectivity index (χ4v) is 3.66. The monoisotopic (exact) mass is 469 g/mol. The van der Waals surface area contributed by atoms with Gasteiger partial charge in [0.15, 0.2) is 0 Å². The van der Waals surface area contributed by atoms with Gasteiger partial charge in [0.05, 0.1) is 16.0 Å². The topological polar surface area (TPSA) is 62.9 Å². The summed E-state index contributed by atoms with van der Waals surface area (Å²) in [4.78, 5) is 15.1. The van der Waals surface area contributed by atoms with Crippen molar-refractivity contribution in [2.24, 2.45) is 0 Å². The number of rotatable bonds is 8. The molecule has 3 rings (SSSR count). The fourth-order valence-electron chi connectivity index (χ4n) is 3.48. The van der Waals surface area contributed by atoms with E-state index in [9.17, 15) is 23.1 Å². The third-order valence-corrected chi connectivity index (χ3v) is 5.18. The summed E-state index contributed by atoms with van der Waals surface area (Å²) in [6.07, 6.45) is -3.38. The first-order chi connectivity index (χ1) is 15.2. The number of benzene rings is 2. The summed E-state index contributed by atoms with van der Waals surface area (Å²) in [6.45, 7) is 5.44. The predicted octanol–water partition coefficient (Wildman–Crippen LogP) is 6.59. The molecule has 32 heavy (non-hydrogen) atoms. The van der Waals surface area contributed by atoms with E-state index in [0.717, 1.165) is 12.8 Å². The Bertz CT molecular complexity index is 1150. The zero-order valence-electron chi connectivity index (χ0n) is 17.6. The van der Waals surface area contributed by atoms with E-state index in [1.54, 1.807) is 6.07 Å². The van der Waals surface area contributed by atoms with Crippen LogP contribution in [0.4, 0.5) is 13.2 Å². The number of alkyl halides is 3. The van der Waals surface area contributed by atoms with Gasteiger partial charge >= 0.3 is 6.18 Å². The lowest BCUT2D eigenvalue weighted by Gasteiger charge is -2.22. The molecule has 0 fully saturated rings. The van der Waals surface area contributed by atoms with Crippen molar-refractivity contribution in [3.63, 3.8) is 0 Å². The van der Waals surface area contributed by atoms with Crippen LogP contribution in [0.1, 0.15) is 38.0 Å². The summed E-state index contributed by atoms with van der Waals surface area (Å²) in [6, 6.07) is 8.38. The highest BCUT2D eigenvalue weighted by Crippen LogP contribution is 2.41. The molecule has 0 unspecified atom stereocenters. The van der Waals surface area contributed by atoms with Crippen LogP contribution in [-0.2, 0) is 12.7 Å². The highest BCUT2D eigenvalue weighted by Gasteiger charge is 2.41. The van der Waals surface area contributed by atoms with Crippen LogP contribution in [0.25, 0.3) is 11.0 Å². The molecule has 172 valence electrons. The minimum atomic E-state index is -5.01. The molecule has 0 bridgehead atoms. The maximum absolute atomic E-state index is 13.9. The normalized spacial score (nSPS) is 12.0. The van der Waals surface area contributed by atoms with E-state index in [1.807, 2.05) is 18.7 Å². The molecule has 0 aliphatic carbocycles. The van der Waals surface area contributed by atoms with Gasteiger partial charge in [-0.25, -0.2) is 0 Å². The molecule has 0 spiro atoms. The summed E-state index contributed by atoms with van der Waals surface area (Å²) < 4.78 is 52.2. The van der Waals surface area contributed by atoms with Gasteiger partial charge in [0.25, 0.3) is 5.76 Å². The molecule has 0 saturated carbocycles. The van der Waals surface area contributed by atoms with Crippen molar-refractivity contribution in [3.05, 3.63) is 63.0 Å². The molecule has 0 amide bonds. The molecular formula is C23H23ClF3NO4. The minimum Gasteiger partial charge on any atom is -0.507 e. The number of phenols is 1. The van der Waals surface area contributed by atoms with Crippen molar-refractivity contribution in [1.82, 2.24) is 4.90 Å². The number of phenolic OH excluding ortho intramolecular Hbond substituents is 1. The average Bonchev–Trinajstić information content (AvgIpc) is 2.72. The van der Waals surface area contributed by atoms with Gasteiger partial charge in [-0.3, -0.25) is 9.69 Å². The first kappa shape index (κ1) is 23.9. The average molecular weight is 470 g/mol. The van der Waals surface area contributed by atoms with Gasteiger partial charge in [-0.05, 0) is 50.2 Å². The Labute approximate surface area is 188 Å². The standard InChI is InChI=1S/C23H23ClF3NO4/c1-3-11-28(12-4-2)13-15-17(29)10-9-14-19(30)21(22(23(25,26)27)32-20(14)15)31-18-8-6-5-7-16(18)24/h5-10,29H,3-4,11-13H2,1-2H3. The van der Waals surface area contributed by atoms with Crippen molar-refractivity contribution >= 4 is 22.6 Å². The summed E-state index contributed by atoms with van der Waals surface area (Å²) >= 11 is 6.00. The number of fused-ring (bicyclic) bond motifs is 1. The molecule has 3 aromatic rings. The molecule has 0 aliphatic heterocycles. The second-order valence-electron chi connectivity index (χ2n) is 7.34. The smallest absolute Gasteiger partial charge is 0.453 e. The van der Waals surface area contributed by atoms with Crippen LogP contribution in [0, 0.1) is 0 Å². The van der Waals surface area contributed by atoms with Gasteiger partial charge in [0.1, 0.15) is 17.1 Å². The first-order valence-corrected chi connectivity index (χ1v) is 10.6. The Kier molecular flexibility index (Phi) is 7.36. The largest absolute Gasteiger partial charge is 0.507 e. The second-order valence-corrected chi connectivity index (χ2v) is 7.74. The summed E-state index contributed by atoms with van der Waals surface area (Å²) in [5, 5.41) is 10.3. The predicted molar refractivity (Wildman–Crippen MR) is 117 cm³/mol. The molecule has 0 atom stereocenters. The van der Waals surface area contributed by atoms with Crippen LogP contribution in [0.5, 0.6) is 17.2 Å². The molecule has 1 N–H and O–H groups in total. The van der Waals surface area contributed by atoms with E-state index in [2.05, 4.69) is 0 Å². The molecule has 0 radical (unpaired) electrons. The van der Waals surface area contributed by atoms with Crippen molar-refractivity contribution < 1.29 is 27.4 Å². The van der Waals surface area contributed by atoms with Gasteiger partial charge in [-0.2, -0.15) is 13.2 Å². The van der Waals surface area contributed by atoms with Gasteiger partial charge in [-0.15, -0.1) is 0 Å². The molecule has 2 aromatic carbocycles. The van der Waals surface area contributed by atoms with Crippen LogP contribution in [0.3, 0.4) is 0 Å². The van der Waals surface area contributed by atoms with Crippen LogP contribution in [0.2, 0.25) is 5.02 Å². The molecule has 1 heterocycles. The van der Waals surface area contributed by atoms with E-state index in [-0.39, 0.29) is 39.6 Å². The van der Waals surface area contributed by atoms with Gasteiger partial charge in [-0.1, -0.05) is 37.6 Å². The molecule has 0 saturated heterocycles. The van der Waals surface area contributed by atoms with E-state index >= 15 is 0 Å². The van der Waals surface area contributed by atoms with E-state index in [1.165, 1.54) is 30.3 Å². The fraction of sp³-hybridized carbons (Fsp3) is 0.348. The molecule has 1 aromatic heterocycles. The number of ether oxygens (including phenoxy) is 1. The Morgan fingerprint density at radius 2 is 1.75 bits per heavy atom. The maximum Gasteiger partial charge on any atom is 0.453 e. The lowest BCUT2D eigenvalue weighted by molar-refractivity contribution is -0.154. The number of aromatic hydroxyl groups is 1. The number of halogens is 4.